The second kappa shape index (κ2) is 6.87. The van der Waals surface area contributed by atoms with E-state index in [2.05, 4.69) is 47.7 Å². The zero-order valence-corrected chi connectivity index (χ0v) is 11.1. The molecular weight excluding hydrogens is 220 g/mol. The Morgan fingerprint density at radius 1 is 1.12 bits per heavy atom. The molecule has 3 nitrogen and oxygen atoms in total. The van der Waals surface area contributed by atoms with Crippen LogP contribution in [0.3, 0.4) is 0 Å². The summed E-state index contributed by atoms with van der Waals surface area (Å²) in [5.41, 5.74) is 3.02. The Kier molecular flexibility index (Phi) is 6.21. The van der Waals surface area contributed by atoms with Crippen LogP contribution in [0.25, 0.3) is 0 Å². The van der Waals surface area contributed by atoms with Crippen LogP contribution in [0.15, 0.2) is 0 Å². The number of hydrogen-bond donors (Lipinski definition) is 0. The predicted molar refractivity (Wildman–Crippen MR) is 65.2 cm³/mol. The minimum Gasteiger partial charge on any atom is -0.469 e. The first-order valence-electron chi connectivity index (χ1n) is 4.98. The number of ether oxygens (including phenoxy) is 1. The Balaban J connectivity index is 4.10. The van der Waals surface area contributed by atoms with Gasteiger partial charge in [-0.2, -0.15) is 0 Å². The number of hydrogen-bond acceptors (Lipinski definition) is 3. The highest BCUT2D eigenvalue weighted by molar-refractivity contribution is 6.83. The lowest BCUT2D eigenvalue weighted by Gasteiger charge is -2.01. The van der Waals surface area contributed by atoms with Gasteiger partial charge in [-0.3, -0.25) is 9.59 Å². The van der Waals surface area contributed by atoms with Crippen molar-refractivity contribution < 1.29 is 14.3 Å². The van der Waals surface area contributed by atoms with E-state index < -0.39 is 14.0 Å². The van der Waals surface area contributed by atoms with Crippen LogP contribution in [0, 0.1) is 23.3 Å². The number of esters is 1. The molecule has 0 bridgehead atoms. The average Bonchev–Trinajstić information content (AvgIpc) is 2.19. The average molecular weight is 236 g/mol. The molecule has 86 valence electrons. The van der Waals surface area contributed by atoms with Gasteiger partial charge < -0.3 is 4.74 Å². The highest BCUT2D eigenvalue weighted by Gasteiger charge is 2.07. The summed E-state index contributed by atoms with van der Waals surface area (Å²) >= 11 is 0. The largest absolute Gasteiger partial charge is 0.469 e. The molecule has 0 aromatic carbocycles. The van der Waals surface area contributed by atoms with Crippen molar-refractivity contribution in [1.29, 1.82) is 0 Å². The molecule has 0 radical (unpaired) electrons. The first-order valence-corrected chi connectivity index (χ1v) is 8.48. The van der Waals surface area contributed by atoms with Crippen LogP contribution in [0.4, 0.5) is 0 Å². The maximum atomic E-state index is 11.2. The predicted octanol–water partition coefficient (Wildman–Crippen LogP) is 1.39. The Hall–Kier alpha value is -1.52. The molecule has 0 aliphatic rings. The monoisotopic (exact) mass is 236 g/mol. The van der Waals surface area contributed by atoms with E-state index >= 15 is 0 Å². The van der Waals surface area contributed by atoms with E-state index in [-0.39, 0.29) is 18.6 Å². The number of rotatable bonds is 3. The highest BCUT2D eigenvalue weighted by atomic mass is 28.3. The zero-order valence-electron chi connectivity index (χ0n) is 10.1. The van der Waals surface area contributed by atoms with Crippen LogP contribution >= 0.6 is 0 Å². The Morgan fingerprint density at radius 2 is 1.75 bits per heavy atom. The summed E-state index contributed by atoms with van der Waals surface area (Å²) in [6, 6.07) is 0. The fourth-order valence-electron chi connectivity index (χ4n) is 0.700. The SMILES string of the molecule is COC(=O)CCC(=O)C#CC#C[Si](C)(C)C. The van der Waals surface area contributed by atoms with Crippen LogP contribution in [0.2, 0.25) is 19.6 Å². The van der Waals surface area contributed by atoms with Gasteiger partial charge in [0.05, 0.1) is 13.5 Å². The van der Waals surface area contributed by atoms with Gasteiger partial charge in [-0.15, -0.1) is 5.54 Å². The van der Waals surface area contributed by atoms with E-state index in [0.717, 1.165) is 0 Å². The lowest BCUT2D eigenvalue weighted by atomic mass is 10.2. The molecule has 16 heavy (non-hydrogen) atoms. The van der Waals surface area contributed by atoms with Crippen molar-refractivity contribution in [2.45, 2.75) is 32.5 Å². The molecule has 0 aromatic heterocycles. The topological polar surface area (TPSA) is 43.4 Å². The molecule has 4 heteroatoms. The lowest BCUT2D eigenvalue weighted by molar-refractivity contribution is -0.141. The van der Waals surface area contributed by atoms with Crippen molar-refractivity contribution >= 4 is 19.8 Å². The minimum absolute atomic E-state index is 0.0749. The molecule has 0 aromatic rings. The smallest absolute Gasteiger partial charge is 0.305 e. The van der Waals surface area contributed by atoms with Crippen molar-refractivity contribution in [3.63, 3.8) is 0 Å². The van der Waals surface area contributed by atoms with Crippen LogP contribution < -0.4 is 0 Å². The molecule has 0 unspecified atom stereocenters. The highest BCUT2D eigenvalue weighted by Crippen LogP contribution is 1.95. The summed E-state index contributed by atoms with van der Waals surface area (Å²) < 4.78 is 4.41. The molecule has 0 N–H and O–H groups in total. The third-order valence-corrected chi connectivity index (χ3v) is 2.36. The van der Waals surface area contributed by atoms with Gasteiger partial charge >= 0.3 is 5.97 Å². The van der Waals surface area contributed by atoms with E-state index in [9.17, 15) is 9.59 Å². The first-order chi connectivity index (χ1) is 7.35. The fourth-order valence-corrected chi connectivity index (χ4v) is 1.14. The van der Waals surface area contributed by atoms with Gasteiger partial charge in [-0.25, -0.2) is 0 Å². The van der Waals surface area contributed by atoms with Crippen molar-refractivity contribution in [2.24, 2.45) is 0 Å². The second-order valence-corrected chi connectivity index (χ2v) is 9.00. The molecule has 0 amide bonds. The second-order valence-electron chi connectivity index (χ2n) is 4.25. The quantitative estimate of drug-likeness (QED) is 0.322. The normalized spacial score (nSPS) is 9.25. The number of Topliss-reactive ketones (excluding diaryl/α,β-unsaturated/α-hetero) is 1. The lowest BCUT2D eigenvalue weighted by Crippen LogP contribution is -2.16. The fraction of sp³-hybridized carbons (Fsp3) is 0.500. The van der Waals surface area contributed by atoms with Crippen molar-refractivity contribution in [1.82, 2.24) is 0 Å². The molecule has 0 atom stereocenters. The zero-order chi connectivity index (χ0) is 12.6. The van der Waals surface area contributed by atoms with E-state index in [1.807, 2.05) is 0 Å². The summed E-state index contributed by atoms with van der Waals surface area (Å²) in [6.45, 7) is 6.29. The van der Waals surface area contributed by atoms with Crippen LogP contribution in [0.1, 0.15) is 12.8 Å². The Labute approximate surface area is 97.6 Å². The van der Waals surface area contributed by atoms with Crippen LogP contribution in [-0.4, -0.2) is 26.9 Å². The molecule has 0 fully saturated rings. The molecular formula is C12H16O3Si. The molecule has 0 spiro atoms. The molecule has 0 aliphatic carbocycles. The summed E-state index contributed by atoms with van der Waals surface area (Å²) in [5, 5.41) is 0. The summed E-state index contributed by atoms with van der Waals surface area (Å²) in [4.78, 5) is 21.9. The van der Waals surface area contributed by atoms with Crippen LogP contribution in [0.5, 0.6) is 0 Å². The molecule has 0 heterocycles. The Bertz CT molecular complexity index is 382. The summed E-state index contributed by atoms with van der Waals surface area (Å²) in [7, 11) is -0.131. The van der Waals surface area contributed by atoms with Gasteiger partial charge in [0.25, 0.3) is 0 Å². The maximum absolute atomic E-state index is 11.2. The molecule has 0 saturated heterocycles. The van der Waals surface area contributed by atoms with E-state index in [0.29, 0.717) is 0 Å². The van der Waals surface area contributed by atoms with Gasteiger partial charge in [-0.05, 0) is 17.8 Å². The van der Waals surface area contributed by atoms with Crippen molar-refractivity contribution in [2.75, 3.05) is 7.11 Å². The summed E-state index contributed by atoms with van der Waals surface area (Å²) in [5.74, 6) is 6.88. The Morgan fingerprint density at radius 3 is 2.25 bits per heavy atom. The number of ketones is 1. The molecule has 0 saturated carbocycles. The number of carbonyl (C=O) groups is 2. The third-order valence-electron chi connectivity index (χ3n) is 1.49. The standard InChI is InChI=1S/C12H16O3Si/c1-15-12(14)9-8-11(13)7-5-6-10-16(2,3)4/h8-9H2,1-4H3. The van der Waals surface area contributed by atoms with Gasteiger partial charge in [0, 0.05) is 6.42 Å². The van der Waals surface area contributed by atoms with Gasteiger partial charge in [0.15, 0.2) is 0 Å². The van der Waals surface area contributed by atoms with Crippen molar-refractivity contribution in [3.05, 3.63) is 0 Å². The maximum Gasteiger partial charge on any atom is 0.305 e. The van der Waals surface area contributed by atoms with Gasteiger partial charge in [0.2, 0.25) is 5.78 Å². The third kappa shape index (κ3) is 9.05. The van der Waals surface area contributed by atoms with E-state index in [4.69, 9.17) is 0 Å². The van der Waals surface area contributed by atoms with E-state index in [1.165, 1.54) is 7.11 Å². The van der Waals surface area contributed by atoms with E-state index in [1.54, 1.807) is 0 Å². The van der Waals surface area contributed by atoms with Crippen molar-refractivity contribution in [3.8, 4) is 23.3 Å². The van der Waals surface area contributed by atoms with Gasteiger partial charge in [-0.1, -0.05) is 19.6 Å². The molecule has 0 rings (SSSR count). The number of carbonyl (C=O) groups excluding carboxylic acids is 2. The van der Waals surface area contributed by atoms with Gasteiger partial charge in [0.1, 0.15) is 8.07 Å². The number of methoxy groups -OCH3 is 1. The summed E-state index contributed by atoms with van der Waals surface area (Å²) in [6.07, 6.45) is 0.166. The molecule has 0 aliphatic heterocycles. The van der Waals surface area contributed by atoms with Crippen LogP contribution in [-0.2, 0) is 14.3 Å². The minimum atomic E-state index is -1.42. The first kappa shape index (κ1) is 14.5.